The van der Waals surface area contributed by atoms with Crippen molar-refractivity contribution >= 4 is 87.2 Å². The molecule has 0 unspecified atom stereocenters. The van der Waals surface area contributed by atoms with Gasteiger partial charge in [0.05, 0.1) is 60.9 Å². The molecule has 6 heteroatoms. The van der Waals surface area contributed by atoms with Crippen LogP contribution < -0.4 is 0 Å². The minimum Gasteiger partial charge on any atom is -0.309 e. The van der Waals surface area contributed by atoms with Gasteiger partial charge < -0.3 is 9.13 Å². The van der Waals surface area contributed by atoms with Gasteiger partial charge >= 0.3 is 0 Å². The predicted octanol–water partition coefficient (Wildman–Crippen LogP) is 16.2. The Balaban J connectivity index is 1.15. The van der Waals surface area contributed by atoms with Crippen LogP contribution in [0.4, 0.5) is 0 Å². The molecular formula is C64H40N6. The van der Waals surface area contributed by atoms with Crippen molar-refractivity contribution in [2.75, 3.05) is 0 Å². The smallest absolute Gasteiger partial charge is 0.166 e. The van der Waals surface area contributed by atoms with E-state index in [1.54, 1.807) is 0 Å². The summed E-state index contributed by atoms with van der Waals surface area (Å²) in [6.45, 7) is 0. The van der Waals surface area contributed by atoms with Crippen molar-refractivity contribution in [1.82, 2.24) is 28.2 Å². The van der Waals surface area contributed by atoms with E-state index in [-0.39, 0.29) is 24.2 Å². The van der Waals surface area contributed by atoms with Crippen molar-refractivity contribution in [3.05, 3.63) is 243 Å². The van der Waals surface area contributed by atoms with Crippen molar-refractivity contribution in [2.45, 2.75) is 0 Å². The van der Waals surface area contributed by atoms with E-state index in [9.17, 15) is 2.74 Å². The molecule has 6 nitrogen and oxygen atoms in total. The van der Waals surface area contributed by atoms with Crippen LogP contribution in [0.15, 0.2) is 243 Å². The number of rotatable bonds is 6. The predicted molar refractivity (Wildman–Crippen MR) is 290 cm³/mol. The second kappa shape index (κ2) is 15.0. The zero-order valence-electron chi connectivity index (χ0n) is 41.5. The summed E-state index contributed by atoms with van der Waals surface area (Å²) in [5.74, 6) is 1.47. The molecule has 0 radical (unpaired) electrons. The number of aromatic nitrogens is 6. The summed E-state index contributed by atoms with van der Waals surface area (Å²) in [7, 11) is 0. The van der Waals surface area contributed by atoms with Crippen LogP contribution >= 0.6 is 0 Å². The van der Waals surface area contributed by atoms with Gasteiger partial charge in [-0.15, -0.1) is 0 Å². The highest BCUT2D eigenvalue weighted by Gasteiger charge is 2.26. The van der Waals surface area contributed by atoms with E-state index in [1.165, 1.54) is 0 Å². The Morgan fingerprint density at radius 3 is 1.30 bits per heavy atom. The molecule has 0 aliphatic carbocycles. The Labute approximate surface area is 407 Å². The normalized spacial score (nSPS) is 12.8. The van der Waals surface area contributed by atoms with E-state index in [0.717, 1.165) is 93.5 Å². The van der Waals surface area contributed by atoms with E-state index in [1.807, 2.05) is 53.1 Å². The van der Waals surface area contributed by atoms with E-state index in [0.29, 0.717) is 39.3 Å². The molecule has 10 aromatic carbocycles. The van der Waals surface area contributed by atoms with Crippen LogP contribution in [0.2, 0.25) is 0 Å². The van der Waals surface area contributed by atoms with Crippen LogP contribution in [0.3, 0.4) is 0 Å². The molecule has 15 rings (SSSR count). The van der Waals surface area contributed by atoms with Crippen molar-refractivity contribution in [3.63, 3.8) is 0 Å². The number of benzene rings is 10. The molecule has 70 heavy (non-hydrogen) atoms. The number of para-hydroxylation sites is 9. The summed E-state index contributed by atoms with van der Waals surface area (Å²) in [5, 5.41) is 7.74. The van der Waals surface area contributed by atoms with Gasteiger partial charge in [0.25, 0.3) is 0 Å². The Morgan fingerprint density at radius 1 is 0.314 bits per heavy atom. The van der Waals surface area contributed by atoms with Crippen molar-refractivity contribution in [1.29, 1.82) is 0 Å². The lowest BCUT2D eigenvalue weighted by atomic mass is 9.95. The average Bonchev–Trinajstić information content (AvgIpc) is 4.25. The van der Waals surface area contributed by atoms with Crippen LogP contribution in [-0.2, 0) is 0 Å². The van der Waals surface area contributed by atoms with E-state index < -0.39 is 0 Å². The molecule has 0 amide bonds. The molecule has 0 aliphatic rings. The fraction of sp³-hybridized carbons (Fsp3) is 0. The van der Waals surface area contributed by atoms with Gasteiger partial charge in [-0.2, -0.15) is 0 Å². The Morgan fingerprint density at radius 2 is 0.729 bits per heavy atom. The molecule has 326 valence electrons. The van der Waals surface area contributed by atoms with Gasteiger partial charge in [0.15, 0.2) is 5.82 Å². The van der Waals surface area contributed by atoms with Crippen LogP contribution in [-0.4, -0.2) is 28.2 Å². The molecule has 0 N–H and O–H groups in total. The molecule has 0 spiro atoms. The van der Waals surface area contributed by atoms with Crippen molar-refractivity contribution in [3.8, 4) is 45.5 Å². The highest BCUT2D eigenvalue weighted by atomic mass is 15.2. The maximum Gasteiger partial charge on any atom is 0.166 e. The lowest BCUT2D eigenvalue weighted by molar-refractivity contribution is 0.991. The first kappa shape index (κ1) is 34.7. The summed E-state index contributed by atoms with van der Waals surface area (Å²) >= 11 is 0. The zero-order chi connectivity index (χ0) is 49.3. The summed E-state index contributed by atoms with van der Waals surface area (Å²) in [6.07, 6.45) is 0. The molecular weight excluding hydrogens is 853 g/mol. The topological polar surface area (TPSA) is 45.5 Å². The SMILES string of the molecule is [2H]c1c([2H])c([2H])c2c(c1[2H])c1ccccc1n2-c1cc(-n2c3ccccc3c3ccccc32)nc(-c2c(-c3cccc4c5ccccc5n(-c5ccccc5)c34)cccc2-n2c3ccccc3c3ccccc32)n1. The van der Waals surface area contributed by atoms with Gasteiger partial charge in [-0.1, -0.05) is 176 Å². The molecule has 0 fully saturated rings. The average molecular weight is 897 g/mol. The first-order chi connectivity index (χ1) is 36.4. The zero-order valence-corrected chi connectivity index (χ0v) is 37.5. The Bertz CT molecular complexity index is 4740. The number of nitrogens with zero attached hydrogens (tertiary/aromatic N) is 6. The van der Waals surface area contributed by atoms with Crippen LogP contribution in [0, 0.1) is 0 Å². The number of fused-ring (bicyclic) bond motifs is 12. The minimum atomic E-state index is -0.315. The van der Waals surface area contributed by atoms with Gasteiger partial charge in [-0.25, -0.2) is 9.97 Å². The molecule has 0 bridgehead atoms. The number of hydrogen-bond acceptors (Lipinski definition) is 2. The highest BCUT2D eigenvalue weighted by Crippen LogP contribution is 2.45. The molecule has 5 heterocycles. The lowest BCUT2D eigenvalue weighted by Crippen LogP contribution is -2.08. The summed E-state index contributed by atoms with van der Waals surface area (Å²) in [4.78, 5) is 11.5. The first-order valence-corrected chi connectivity index (χ1v) is 23.5. The van der Waals surface area contributed by atoms with Gasteiger partial charge in [-0.05, 0) is 66.2 Å². The van der Waals surface area contributed by atoms with Crippen molar-refractivity contribution in [2.24, 2.45) is 0 Å². The third-order valence-electron chi connectivity index (χ3n) is 14.1. The maximum atomic E-state index is 9.55. The van der Waals surface area contributed by atoms with Gasteiger partial charge in [0, 0.05) is 60.4 Å². The Hall–Kier alpha value is -9.52. The fourth-order valence-corrected chi connectivity index (χ4v) is 11.3. The standard InChI is InChI=1S/C64H40N6/c1-2-20-41(21-3-1)67-52-32-11-10-28-48(52)50-30-18-31-51(63(50)67)49-29-19-39-59(68-53-33-12-4-22-42(53)43-23-5-13-34-54(43)68)62(49)64-65-60(69-55-35-14-6-24-44(55)45-25-7-15-36-56(45)69)40-61(66-64)70-57-37-16-8-26-46(57)47-27-9-17-38-58(47)70/h1-40H/i6D,14D,24D,35D. The van der Waals surface area contributed by atoms with Gasteiger partial charge in [-0.3, -0.25) is 9.13 Å². The summed E-state index contributed by atoms with van der Waals surface area (Å²) < 4.78 is 45.5. The molecule has 15 aromatic rings. The second-order valence-electron chi connectivity index (χ2n) is 17.8. The molecule has 0 aliphatic heterocycles. The largest absolute Gasteiger partial charge is 0.309 e. The van der Waals surface area contributed by atoms with Crippen LogP contribution in [0.1, 0.15) is 5.48 Å². The fourth-order valence-electron chi connectivity index (χ4n) is 11.3. The van der Waals surface area contributed by atoms with E-state index in [4.69, 9.17) is 12.7 Å². The van der Waals surface area contributed by atoms with Crippen molar-refractivity contribution < 1.29 is 5.48 Å². The first-order valence-electron chi connectivity index (χ1n) is 25.5. The highest BCUT2D eigenvalue weighted by molar-refractivity contribution is 6.16. The Kier molecular flexibility index (Phi) is 7.44. The van der Waals surface area contributed by atoms with Crippen LogP contribution in [0.5, 0.6) is 0 Å². The van der Waals surface area contributed by atoms with Gasteiger partial charge in [0.2, 0.25) is 0 Å². The van der Waals surface area contributed by atoms with E-state index in [2.05, 4.69) is 184 Å². The minimum absolute atomic E-state index is 0.103. The molecule has 5 aromatic heterocycles. The summed E-state index contributed by atoms with van der Waals surface area (Å²) in [5.41, 5.74) is 11.7. The molecule has 0 atom stereocenters. The number of hydrogen-bond donors (Lipinski definition) is 0. The quantitative estimate of drug-likeness (QED) is 0.167. The maximum absolute atomic E-state index is 9.55. The molecule has 0 saturated carbocycles. The third-order valence-corrected chi connectivity index (χ3v) is 14.1. The lowest BCUT2D eigenvalue weighted by Gasteiger charge is -2.20. The second-order valence-corrected chi connectivity index (χ2v) is 17.8. The van der Waals surface area contributed by atoms with E-state index >= 15 is 0 Å². The molecule has 0 saturated heterocycles. The van der Waals surface area contributed by atoms with Crippen LogP contribution in [0.25, 0.3) is 133 Å². The summed E-state index contributed by atoms with van der Waals surface area (Å²) in [6, 6.07) is 74.8. The third kappa shape index (κ3) is 5.50. The van der Waals surface area contributed by atoms with Gasteiger partial charge in [0.1, 0.15) is 11.6 Å². The monoisotopic (exact) mass is 896 g/mol.